The van der Waals surface area contributed by atoms with Gasteiger partial charge in [0.2, 0.25) is 5.91 Å². The van der Waals surface area contributed by atoms with Crippen LogP contribution in [0.15, 0.2) is 24.3 Å². The van der Waals surface area contributed by atoms with E-state index in [1.807, 2.05) is 0 Å². The van der Waals surface area contributed by atoms with Crippen LogP contribution in [0.2, 0.25) is 0 Å². The number of likely N-dealkylation sites (tertiary alicyclic amines) is 1. The fraction of sp³-hybridized carbons (Fsp3) is 0.400. The zero-order valence-electron chi connectivity index (χ0n) is 12.4. The molecule has 7 heteroatoms. The number of piperidine rings is 1. The smallest absolute Gasteiger partial charge is 0.313 e. The highest BCUT2D eigenvalue weighted by atomic mass is 16.5. The van der Waals surface area contributed by atoms with E-state index in [-0.39, 0.29) is 11.8 Å². The summed E-state index contributed by atoms with van der Waals surface area (Å²) in [6.07, 6.45) is 0.994. The van der Waals surface area contributed by atoms with Gasteiger partial charge in [0.15, 0.2) is 0 Å². The van der Waals surface area contributed by atoms with Crippen LogP contribution in [0.1, 0.15) is 12.8 Å². The summed E-state index contributed by atoms with van der Waals surface area (Å²) >= 11 is 0. The molecule has 0 aliphatic carbocycles. The molecular formula is C15H19N3O4. The first-order chi connectivity index (χ1) is 10.5. The number of primary amides is 1. The largest absolute Gasteiger partial charge is 0.497 e. The fourth-order valence-electron chi connectivity index (χ4n) is 2.37. The Kier molecular flexibility index (Phi) is 4.98. The monoisotopic (exact) mass is 305 g/mol. The predicted molar refractivity (Wildman–Crippen MR) is 80.1 cm³/mol. The molecule has 3 N–H and O–H groups in total. The number of nitrogens with zero attached hydrogens (tertiary/aromatic N) is 1. The first-order valence-electron chi connectivity index (χ1n) is 7.05. The van der Waals surface area contributed by atoms with Gasteiger partial charge < -0.3 is 20.7 Å². The summed E-state index contributed by atoms with van der Waals surface area (Å²) in [5, 5.41) is 2.55. The second-order valence-corrected chi connectivity index (χ2v) is 5.15. The van der Waals surface area contributed by atoms with Crippen molar-refractivity contribution in [3.8, 4) is 5.75 Å². The summed E-state index contributed by atoms with van der Waals surface area (Å²) in [5.41, 5.74) is 5.76. The van der Waals surface area contributed by atoms with Crippen molar-refractivity contribution in [1.82, 2.24) is 4.90 Å². The molecule has 1 aromatic rings. The molecule has 0 spiro atoms. The van der Waals surface area contributed by atoms with E-state index >= 15 is 0 Å². The van der Waals surface area contributed by atoms with Crippen LogP contribution in [0.5, 0.6) is 5.75 Å². The lowest BCUT2D eigenvalue weighted by molar-refractivity contribution is -0.144. The zero-order chi connectivity index (χ0) is 16.1. The quantitative estimate of drug-likeness (QED) is 0.787. The lowest BCUT2D eigenvalue weighted by Gasteiger charge is -2.29. The van der Waals surface area contributed by atoms with E-state index in [0.717, 1.165) is 0 Å². The van der Waals surface area contributed by atoms with E-state index < -0.39 is 11.8 Å². The number of ether oxygens (including phenoxy) is 1. The van der Waals surface area contributed by atoms with Crippen molar-refractivity contribution in [3.05, 3.63) is 24.3 Å². The Morgan fingerprint density at radius 3 is 2.27 bits per heavy atom. The number of methoxy groups -OCH3 is 1. The molecule has 1 fully saturated rings. The highest BCUT2D eigenvalue weighted by Crippen LogP contribution is 2.18. The third-order valence-electron chi connectivity index (χ3n) is 3.73. The molecule has 0 saturated carbocycles. The van der Waals surface area contributed by atoms with Crippen molar-refractivity contribution in [2.45, 2.75) is 12.8 Å². The standard InChI is InChI=1S/C15H19N3O4/c1-22-12-4-2-11(3-5-12)17-14(20)15(21)18-8-6-10(7-9-18)13(16)19/h2-5,10H,6-9H2,1H3,(H2,16,19)(H,17,20). The molecule has 0 aromatic heterocycles. The maximum absolute atomic E-state index is 12.1. The molecule has 1 aromatic carbocycles. The van der Waals surface area contributed by atoms with Crippen LogP contribution in [0.4, 0.5) is 5.69 Å². The van der Waals surface area contributed by atoms with E-state index in [1.54, 1.807) is 31.4 Å². The molecule has 1 aliphatic heterocycles. The van der Waals surface area contributed by atoms with Crippen LogP contribution in [0, 0.1) is 5.92 Å². The van der Waals surface area contributed by atoms with Crippen molar-refractivity contribution >= 4 is 23.4 Å². The molecule has 118 valence electrons. The average Bonchev–Trinajstić information content (AvgIpc) is 2.55. The first kappa shape index (κ1) is 15.8. The van der Waals surface area contributed by atoms with Gasteiger partial charge in [0.25, 0.3) is 0 Å². The summed E-state index contributed by atoms with van der Waals surface area (Å²) in [5.74, 6) is -1.19. The molecule has 0 radical (unpaired) electrons. The molecule has 22 heavy (non-hydrogen) atoms. The summed E-state index contributed by atoms with van der Waals surface area (Å²) in [6, 6.07) is 6.70. The van der Waals surface area contributed by atoms with Gasteiger partial charge in [-0.25, -0.2) is 0 Å². The van der Waals surface area contributed by atoms with Gasteiger partial charge in [0, 0.05) is 24.7 Å². The number of hydrogen-bond donors (Lipinski definition) is 2. The maximum atomic E-state index is 12.1. The van der Waals surface area contributed by atoms with Crippen molar-refractivity contribution in [3.63, 3.8) is 0 Å². The predicted octanol–water partition coefficient (Wildman–Crippen LogP) is 0.358. The van der Waals surface area contributed by atoms with Gasteiger partial charge in [-0.3, -0.25) is 14.4 Å². The normalized spacial score (nSPS) is 15.2. The second kappa shape index (κ2) is 6.93. The Morgan fingerprint density at radius 1 is 1.18 bits per heavy atom. The van der Waals surface area contributed by atoms with Gasteiger partial charge in [0.1, 0.15) is 5.75 Å². The van der Waals surface area contributed by atoms with Crippen LogP contribution in [-0.4, -0.2) is 42.8 Å². The number of benzene rings is 1. The number of carbonyl (C=O) groups excluding carboxylic acids is 3. The third-order valence-corrected chi connectivity index (χ3v) is 3.73. The number of nitrogens with two attached hydrogens (primary N) is 1. The van der Waals surface area contributed by atoms with Gasteiger partial charge in [-0.2, -0.15) is 0 Å². The Bertz CT molecular complexity index is 563. The summed E-state index contributed by atoms with van der Waals surface area (Å²) in [4.78, 5) is 36.6. The Hall–Kier alpha value is -2.57. The molecule has 1 saturated heterocycles. The van der Waals surface area contributed by atoms with Crippen molar-refractivity contribution in [2.75, 3.05) is 25.5 Å². The van der Waals surface area contributed by atoms with Crippen LogP contribution >= 0.6 is 0 Å². The SMILES string of the molecule is COc1ccc(NC(=O)C(=O)N2CCC(C(N)=O)CC2)cc1. The lowest BCUT2D eigenvalue weighted by Crippen LogP contribution is -2.46. The van der Waals surface area contributed by atoms with Gasteiger partial charge in [-0.05, 0) is 37.1 Å². The van der Waals surface area contributed by atoms with E-state index in [0.29, 0.717) is 37.4 Å². The molecule has 2 rings (SSSR count). The van der Waals surface area contributed by atoms with Crippen molar-refractivity contribution < 1.29 is 19.1 Å². The van der Waals surface area contributed by atoms with Crippen molar-refractivity contribution in [1.29, 1.82) is 0 Å². The highest BCUT2D eigenvalue weighted by Gasteiger charge is 2.29. The summed E-state index contributed by atoms with van der Waals surface area (Å²) in [7, 11) is 1.55. The average molecular weight is 305 g/mol. The lowest BCUT2D eigenvalue weighted by atomic mass is 9.96. The number of hydrogen-bond acceptors (Lipinski definition) is 4. The molecule has 0 atom stereocenters. The minimum Gasteiger partial charge on any atom is -0.497 e. The van der Waals surface area contributed by atoms with Crippen LogP contribution in [-0.2, 0) is 14.4 Å². The number of nitrogens with one attached hydrogen (secondary N) is 1. The van der Waals surface area contributed by atoms with E-state index in [9.17, 15) is 14.4 Å². The van der Waals surface area contributed by atoms with E-state index in [1.165, 1.54) is 4.90 Å². The number of carbonyl (C=O) groups is 3. The molecule has 1 heterocycles. The molecule has 7 nitrogen and oxygen atoms in total. The van der Waals surface area contributed by atoms with Gasteiger partial charge >= 0.3 is 11.8 Å². The van der Waals surface area contributed by atoms with Crippen molar-refractivity contribution in [2.24, 2.45) is 11.7 Å². The van der Waals surface area contributed by atoms with Crippen LogP contribution in [0.3, 0.4) is 0 Å². The Morgan fingerprint density at radius 2 is 1.77 bits per heavy atom. The molecular weight excluding hydrogens is 286 g/mol. The second-order valence-electron chi connectivity index (χ2n) is 5.15. The topological polar surface area (TPSA) is 102 Å². The van der Waals surface area contributed by atoms with Gasteiger partial charge in [0.05, 0.1) is 7.11 Å². The first-order valence-corrected chi connectivity index (χ1v) is 7.05. The molecule has 1 aliphatic rings. The molecule has 0 bridgehead atoms. The maximum Gasteiger partial charge on any atom is 0.313 e. The molecule has 0 unspecified atom stereocenters. The minimum atomic E-state index is -0.692. The minimum absolute atomic E-state index is 0.214. The van der Waals surface area contributed by atoms with Gasteiger partial charge in [-0.1, -0.05) is 0 Å². The third kappa shape index (κ3) is 3.75. The number of anilines is 1. The summed E-state index contributed by atoms with van der Waals surface area (Å²) in [6.45, 7) is 0.727. The van der Waals surface area contributed by atoms with Crippen LogP contribution in [0.25, 0.3) is 0 Å². The number of rotatable bonds is 3. The molecule has 3 amide bonds. The number of amides is 3. The summed E-state index contributed by atoms with van der Waals surface area (Å²) < 4.78 is 5.02. The van der Waals surface area contributed by atoms with E-state index in [2.05, 4.69) is 5.32 Å². The highest BCUT2D eigenvalue weighted by molar-refractivity contribution is 6.39. The fourth-order valence-corrected chi connectivity index (χ4v) is 2.37. The Labute approximate surface area is 128 Å². The Balaban J connectivity index is 1.89. The van der Waals surface area contributed by atoms with E-state index in [4.69, 9.17) is 10.5 Å². The zero-order valence-corrected chi connectivity index (χ0v) is 12.4. The van der Waals surface area contributed by atoms with Gasteiger partial charge in [-0.15, -0.1) is 0 Å². The van der Waals surface area contributed by atoms with Crippen LogP contribution < -0.4 is 15.8 Å².